The first-order valence-electron chi connectivity index (χ1n) is 8.88. The lowest BCUT2D eigenvalue weighted by molar-refractivity contribution is 0.0943. The minimum atomic E-state index is -0.0308. The molecular weight excluding hydrogens is 302 g/mol. The van der Waals surface area contributed by atoms with Gasteiger partial charge in [0.15, 0.2) is 5.65 Å². The van der Waals surface area contributed by atoms with E-state index in [1.54, 1.807) is 6.20 Å². The second-order valence-corrected chi connectivity index (χ2v) is 6.87. The molecule has 1 aliphatic rings. The van der Waals surface area contributed by atoms with Crippen LogP contribution in [-0.4, -0.2) is 51.2 Å². The van der Waals surface area contributed by atoms with Crippen molar-refractivity contribution >= 4 is 16.9 Å². The van der Waals surface area contributed by atoms with Crippen LogP contribution in [0.1, 0.15) is 55.7 Å². The number of nitrogens with one attached hydrogen (secondary N) is 1. The number of carbonyl (C=O) groups is 1. The zero-order chi connectivity index (χ0) is 17.3. The van der Waals surface area contributed by atoms with Crippen molar-refractivity contribution in [2.75, 3.05) is 19.6 Å². The van der Waals surface area contributed by atoms with Crippen molar-refractivity contribution < 1.29 is 4.79 Å². The molecule has 1 N–H and O–H groups in total. The summed E-state index contributed by atoms with van der Waals surface area (Å²) in [6, 6.07) is 2.52. The van der Waals surface area contributed by atoms with Crippen LogP contribution in [0.4, 0.5) is 0 Å². The van der Waals surface area contributed by atoms with Crippen LogP contribution in [0, 0.1) is 6.92 Å². The molecule has 24 heavy (non-hydrogen) atoms. The zero-order valence-corrected chi connectivity index (χ0v) is 15.0. The molecule has 3 heterocycles. The Bertz CT molecular complexity index is 736. The summed E-state index contributed by atoms with van der Waals surface area (Å²) in [6.07, 6.45) is 4.13. The topological polar surface area (TPSA) is 63.1 Å². The maximum Gasteiger partial charge on any atom is 0.252 e. The molecule has 0 saturated carbocycles. The van der Waals surface area contributed by atoms with E-state index in [-0.39, 0.29) is 11.9 Å². The lowest BCUT2D eigenvalue weighted by Crippen LogP contribution is -2.40. The molecule has 0 aromatic carbocycles. The van der Waals surface area contributed by atoms with Crippen LogP contribution >= 0.6 is 0 Å². The number of aryl methyl sites for hydroxylation is 1. The van der Waals surface area contributed by atoms with Crippen LogP contribution in [0.3, 0.4) is 0 Å². The average molecular weight is 329 g/mol. The summed E-state index contributed by atoms with van der Waals surface area (Å²) in [5, 5.41) is 8.35. The van der Waals surface area contributed by atoms with E-state index in [1.165, 1.54) is 6.42 Å². The lowest BCUT2D eigenvalue weighted by Gasteiger charge is -2.23. The van der Waals surface area contributed by atoms with Crippen LogP contribution < -0.4 is 5.32 Å². The van der Waals surface area contributed by atoms with E-state index in [4.69, 9.17) is 0 Å². The predicted molar refractivity (Wildman–Crippen MR) is 95.3 cm³/mol. The summed E-state index contributed by atoms with van der Waals surface area (Å²) in [5.41, 5.74) is 2.29. The normalized spacial score (nSPS) is 18.6. The van der Waals surface area contributed by atoms with Crippen molar-refractivity contribution in [1.29, 1.82) is 0 Å². The highest BCUT2D eigenvalue weighted by Crippen LogP contribution is 2.21. The van der Waals surface area contributed by atoms with Gasteiger partial charge in [0.05, 0.1) is 17.1 Å². The van der Waals surface area contributed by atoms with Crippen molar-refractivity contribution in [3.8, 4) is 0 Å². The Balaban J connectivity index is 1.82. The molecule has 1 unspecified atom stereocenters. The number of hydrogen-bond donors (Lipinski definition) is 1. The van der Waals surface area contributed by atoms with E-state index < -0.39 is 0 Å². The van der Waals surface area contributed by atoms with Gasteiger partial charge < -0.3 is 5.32 Å². The number of carbonyl (C=O) groups excluding carboxylic acids is 1. The monoisotopic (exact) mass is 329 g/mol. The maximum absolute atomic E-state index is 12.7. The van der Waals surface area contributed by atoms with Gasteiger partial charge in [-0.3, -0.25) is 9.69 Å². The van der Waals surface area contributed by atoms with E-state index in [0.29, 0.717) is 18.2 Å². The third-order valence-corrected chi connectivity index (χ3v) is 4.83. The van der Waals surface area contributed by atoms with Crippen molar-refractivity contribution in [2.24, 2.45) is 0 Å². The fourth-order valence-corrected chi connectivity index (χ4v) is 3.56. The standard InChI is InChI=1S/C18H27N5O/c1-5-22-8-6-7-14(22)10-19-18(24)15-9-13(4)21-17-16(15)11-20-23(17)12(2)3/h9,11-12,14H,5-8,10H2,1-4H3,(H,19,24). The van der Waals surface area contributed by atoms with E-state index in [2.05, 4.69) is 41.1 Å². The number of hydrogen-bond acceptors (Lipinski definition) is 4. The van der Waals surface area contributed by atoms with Gasteiger partial charge >= 0.3 is 0 Å². The fraction of sp³-hybridized carbons (Fsp3) is 0.611. The first-order valence-corrected chi connectivity index (χ1v) is 8.88. The maximum atomic E-state index is 12.7. The number of rotatable bonds is 5. The fourth-order valence-electron chi connectivity index (χ4n) is 3.56. The molecule has 1 saturated heterocycles. The molecule has 0 bridgehead atoms. The predicted octanol–water partition coefficient (Wildman–Crippen LogP) is 2.53. The van der Waals surface area contributed by atoms with Gasteiger partial charge in [-0.1, -0.05) is 6.92 Å². The van der Waals surface area contributed by atoms with Crippen LogP contribution in [0.25, 0.3) is 11.0 Å². The summed E-state index contributed by atoms with van der Waals surface area (Å²) >= 11 is 0. The number of amides is 1. The Labute approximate surface area is 143 Å². The van der Waals surface area contributed by atoms with Gasteiger partial charge in [-0.2, -0.15) is 5.10 Å². The highest BCUT2D eigenvalue weighted by atomic mass is 16.1. The third-order valence-electron chi connectivity index (χ3n) is 4.83. The van der Waals surface area contributed by atoms with Crippen LogP contribution in [0.5, 0.6) is 0 Å². The molecule has 3 rings (SSSR count). The molecule has 130 valence electrons. The first kappa shape index (κ1) is 16.9. The molecule has 6 heteroatoms. The number of aromatic nitrogens is 3. The highest BCUT2D eigenvalue weighted by molar-refractivity contribution is 6.05. The summed E-state index contributed by atoms with van der Waals surface area (Å²) in [6.45, 7) is 11.1. The number of fused-ring (bicyclic) bond motifs is 1. The summed E-state index contributed by atoms with van der Waals surface area (Å²) in [4.78, 5) is 19.8. The number of likely N-dealkylation sites (tertiary alicyclic amines) is 1. The van der Waals surface area contributed by atoms with E-state index in [9.17, 15) is 4.79 Å². The second-order valence-electron chi connectivity index (χ2n) is 6.87. The molecule has 0 spiro atoms. The Kier molecular flexibility index (Phi) is 4.85. The van der Waals surface area contributed by atoms with E-state index in [0.717, 1.165) is 36.2 Å². The van der Waals surface area contributed by atoms with Gasteiger partial charge in [-0.25, -0.2) is 9.67 Å². The Morgan fingerprint density at radius 3 is 2.96 bits per heavy atom. The van der Waals surface area contributed by atoms with Crippen molar-refractivity contribution in [3.05, 3.63) is 23.5 Å². The van der Waals surface area contributed by atoms with Crippen molar-refractivity contribution in [3.63, 3.8) is 0 Å². The zero-order valence-electron chi connectivity index (χ0n) is 15.0. The Hall–Kier alpha value is -1.95. The number of likely N-dealkylation sites (N-methyl/N-ethyl adjacent to an activating group) is 1. The SMILES string of the molecule is CCN1CCCC1CNC(=O)c1cc(C)nc2c1cnn2C(C)C. The molecule has 1 aliphatic heterocycles. The molecular formula is C18H27N5O. The quantitative estimate of drug-likeness (QED) is 0.915. The number of nitrogens with zero attached hydrogens (tertiary/aromatic N) is 4. The van der Waals surface area contributed by atoms with Gasteiger partial charge in [0.2, 0.25) is 0 Å². The van der Waals surface area contributed by atoms with Crippen LogP contribution in [0.2, 0.25) is 0 Å². The molecule has 2 aromatic heterocycles. The smallest absolute Gasteiger partial charge is 0.252 e. The molecule has 1 atom stereocenters. The van der Waals surface area contributed by atoms with Gasteiger partial charge in [-0.15, -0.1) is 0 Å². The van der Waals surface area contributed by atoms with E-state index >= 15 is 0 Å². The average Bonchev–Trinajstić information content (AvgIpc) is 3.17. The second kappa shape index (κ2) is 6.89. The largest absolute Gasteiger partial charge is 0.350 e. The highest BCUT2D eigenvalue weighted by Gasteiger charge is 2.24. The van der Waals surface area contributed by atoms with Gasteiger partial charge in [0.1, 0.15) is 0 Å². The molecule has 2 aromatic rings. The molecule has 1 fully saturated rings. The molecule has 0 radical (unpaired) electrons. The minimum Gasteiger partial charge on any atom is -0.350 e. The minimum absolute atomic E-state index is 0.0308. The summed E-state index contributed by atoms with van der Waals surface area (Å²) < 4.78 is 1.87. The summed E-state index contributed by atoms with van der Waals surface area (Å²) in [7, 11) is 0. The first-order chi connectivity index (χ1) is 11.5. The van der Waals surface area contributed by atoms with Gasteiger partial charge in [0.25, 0.3) is 5.91 Å². The van der Waals surface area contributed by atoms with Crippen molar-refractivity contribution in [2.45, 2.75) is 52.6 Å². The lowest BCUT2D eigenvalue weighted by atomic mass is 10.1. The van der Waals surface area contributed by atoms with Gasteiger partial charge in [-0.05, 0) is 52.8 Å². The van der Waals surface area contributed by atoms with Gasteiger partial charge in [0, 0.05) is 24.3 Å². The number of pyridine rings is 1. The van der Waals surface area contributed by atoms with Crippen LogP contribution in [0.15, 0.2) is 12.3 Å². The summed E-state index contributed by atoms with van der Waals surface area (Å²) in [5.74, 6) is -0.0308. The molecule has 6 nitrogen and oxygen atoms in total. The van der Waals surface area contributed by atoms with Crippen molar-refractivity contribution in [1.82, 2.24) is 25.0 Å². The Morgan fingerprint density at radius 1 is 1.46 bits per heavy atom. The van der Waals surface area contributed by atoms with Crippen LogP contribution in [-0.2, 0) is 0 Å². The molecule has 0 aliphatic carbocycles. The third kappa shape index (κ3) is 3.15. The van der Waals surface area contributed by atoms with E-state index in [1.807, 2.05) is 17.7 Å². The Morgan fingerprint density at radius 2 is 2.25 bits per heavy atom. The molecule has 1 amide bonds.